The van der Waals surface area contributed by atoms with Crippen LogP contribution in [0.3, 0.4) is 0 Å². The zero-order valence-corrected chi connectivity index (χ0v) is 10.7. The van der Waals surface area contributed by atoms with Crippen molar-refractivity contribution in [3.05, 3.63) is 40.7 Å². The maximum absolute atomic E-state index is 13.3. The summed E-state index contributed by atoms with van der Waals surface area (Å²) in [4.78, 5) is 0. The highest BCUT2D eigenvalue weighted by atomic mass is 35.5. The van der Waals surface area contributed by atoms with Crippen LogP contribution < -0.4 is 0 Å². The number of halogens is 5. The first-order chi connectivity index (χ1) is 9.38. The van der Waals surface area contributed by atoms with E-state index in [1.165, 1.54) is 10.6 Å². The van der Waals surface area contributed by atoms with Gasteiger partial charge in [-0.25, -0.2) is 4.39 Å². The number of benzene rings is 1. The summed E-state index contributed by atoms with van der Waals surface area (Å²) in [6, 6.07) is 2.72. The molecule has 1 aromatic carbocycles. The van der Waals surface area contributed by atoms with Crippen molar-refractivity contribution in [2.24, 2.45) is 0 Å². The maximum Gasteiger partial charge on any atom is 0.419 e. The Balaban J connectivity index is 2.13. The van der Waals surface area contributed by atoms with E-state index in [1.807, 2.05) is 0 Å². The van der Waals surface area contributed by atoms with Crippen molar-refractivity contribution in [2.45, 2.75) is 24.9 Å². The highest BCUT2D eigenvalue weighted by Gasteiger charge is 2.35. The topological polar surface area (TPSA) is 30.7 Å². The summed E-state index contributed by atoms with van der Waals surface area (Å²) in [5.41, 5.74) is -1.22. The normalized spacial score (nSPS) is 15.7. The molecule has 0 spiro atoms. The van der Waals surface area contributed by atoms with Gasteiger partial charge in [0.25, 0.3) is 0 Å². The number of rotatable bonds is 2. The van der Waals surface area contributed by atoms with Gasteiger partial charge in [0.15, 0.2) is 0 Å². The molecule has 1 aromatic heterocycles. The van der Waals surface area contributed by atoms with Gasteiger partial charge in [0.1, 0.15) is 11.6 Å². The first kappa shape index (κ1) is 13.4. The lowest BCUT2D eigenvalue weighted by atomic mass is 10.1. The first-order valence-electron chi connectivity index (χ1n) is 5.86. The Labute approximate surface area is 116 Å². The van der Waals surface area contributed by atoms with Gasteiger partial charge in [-0.15, -0.1) is 10.2 Å². The van der Waals surface area contributed by atoms with Crippen molar-refractivity contribution in [2.75, 3.05) is 0 Å². The Morgan fingerprint density at radius 2 is 1.90 bits per heavy atom. The summed E-state index contributed by atoms with van der Waals surface area (Å²) >= 11 is 5.87. The van der Waals surface area contributed by atoms with E-state index in [0.717, 1.165) is 25.0 Å². The third-order valence-corrected chi connectivity index (χ3v) is 3.35. The van der Waals surface area contributed by atoms with Gasteiger partial charge in [0.2, 0.25) is 5.28 Å². The van der Waals surface area contributed by atoms with Crippen LogP contribution in [0.25, 0.3) is 5.69 Å². The highest BCUT2D eigenvalue weighted by molar-refractivity contribution is 6.28. The molecular weight excluding hydrogens is 298 g/mol. The van der Waals surface area contributed by atoms with Gasteiger partial charge in [-0.05, 0) is 42.6 Å². The molecule has 2 aromatic rings. The minimum atomic E-state index is -4.76. The molecule has 3 nitrogen and oxygen atoms in total. The predicted octanol–water partition coefficient (Wildman–Crippen LogP) is 3.96. The summed E-state index contributed by atoms with van der Waals surface area (Å²) in [5.74, 6) is -0.664. The maximum atomic E-state index is 13.3. The molecule has 0 N–H and O–H groups in total. The smallest absolute Gasteiger partial charge is 0.270 e. The van der Waals surface area contributed by atoms with E-state index < -0.39 is 17.6 Å². The molecule has 0 aliphatic heterocycles. The average Bonchev–Trinajstić information content (AvgIpc) is 3.13. The summed E-state index contributed by atoms with van der Waals surface area (Å²) in [6.45, 7) is 0. The van der Waals surface area contributed by atoms with Gasteiger partial charge in [-0.3, -0.25) is 4.57 Å². The SMILES string of the molecule is Fc1ccc(-n2c(Cl)nnc2C2CC2)cc1C(F)(F)F. The largest absolute Gasteiger partial charge is 0.419 e. The zero-order valence-electron chi connectivity index (χ0n) is 9.96. The second-order valence-corrected chi connectivity index (χ2v) is 4.94. The molecule has 1 aliphatic carbocycles. The molecule has 1 heterocycles. The predicted molar refractivity (Wildman–Crippen MR) is 63.3 cm³/mol. The van der Waals surface area contributed by atoms with Crippen LogP contribution in [0.4, 0.5) is 17.6 Å². The molecular formula is C12H8ClF4N3. The number of nitrogens with zero attached hydrogens (tertiary/aromatic N) is 3. The number of alkyl halides is 3. The molecule has 3 rings (SSSR count). The second kappa shape index (κ2) is 4.44. The lowest BCUT2D eigenvalue weighted by Gasteiger charge is -2.12. The second-order valence-electron chi connectivity index (χ2n) is 4.60. The molecule has 1 saturated carbocycles. The summed E-state index contributed by atoms with van der Waals surface area (Å²) in [7, 11) is 0. The summed E-state index contributed by atoms with van der Waals surface area (Å²) in [6.07, 6.45) is -2.98. The van der Waals surface area contributed by atoms with Crippen molar-refractivity contribution in [1.82, 2.24) is 14.8 Å². The van der Waals surface area contributed by atoms with E-state index in [4.69, 9.17) is 11.6 Å². The van der Waals surface area contributed by atoms with Gasteiger partial charge in [-0.2, -0.15) is 13.2 Å². The van der Waals surface area contributed by atoms with Crippen LogP contribution in [-0.4, -0.2) is 14.8 Å². The number of aromatic nitrogens is 3. The van der Waals surface area contributed by atoms with Crippen LogP contribution in [0.15, 0.2) is 18.2 Å². The average molecular weight is 306 g/mol. The first-order valence-corrected chi connectivity index (χ1v) is 6.23. The molecule has 20 heavy (non-hydrogen) atoms. The fourth-order valence-electron chi connectivity index (χ4n) is 1.99. The number of hydrogen-bond acceptors (Lipinski definition) is 2. The Morgan fingerprint density at radius 3 is 2.50 bits per heavy atom. The van der Waals surface area contributed by atoms with Crippen LogP contribution in [-0.2, 0) is 6.18 Å². The van der Waals surface area contributed by atoms with Crippen LogP contribution in [0.2, 0.25) is 5.28 Å². The van der Waals surface area contributed by atoms with E-state index in [2.05, 4.69) is 10.2 Å². The molecule has 0 saturated heterocycles. The fourth-order valence-corrected chi connectivity index (χ4v) is 2.21. The van der Waals surface area contributed by atoms with Crippen molar-refractivity contribution >= 4 is 11.6 Å². The van der Waals surface area contributed by atoms with E-state index in [0.29, 0.717) is 5.82 Å². The Kier molecular flexibility index (Phi) is 2.97. The summed E-state index contributed by atoms with van der Waals surface area (Å²) in [5, 5.41) is 7.51. The van der Waals surface area contributed by atoms with Crippen molar-refractivity contribution < 1.29 is 17.6 Å². The minimum absolute atomic E-state index is 0.0355. The molecule has 0 unspecified atom stereocenters. The van der Waals surface area contributed by atoms with Gasteiger partial charge in [0.05, 0.1) is 11.3 Å². The number of hydrogen-bond donors (Lipinski definition) is 0. The van der Waals surface area contributed by atoms with Crippen molar-refractivity contribution in [3.8, 4) is 5.69 Å². The third kappa shape index (κ3) is 2.26. The Morgan fingerprint density at radius 1 is 1.20 bits per heavy atom. The molecule has 1 aliphatic rings. The molecule has 8 heteroatoms. The Bertz CT molecular complexity index is 661. The lowest BCUT2D eigenvalue weighted by Crippen LogP contribution is -2.10. The van der Waals surface area contributed by atoms with Crippen LogP contribution >= 0.6 is 11.6 Å². The molecule has 0 radical (unpaired) electrons. The molecule has 106 valence electrons. The quantitative estimate of drug-likeness (QED) is 0.786. The Hall–Kier alpha value is -1.63. The van der Waals surface area contributed by atoms with Crippen molar-refractivity contribution in [3.63, 3.8) is 0 Å². The fraction of sp³-hybridized carbons (Fsp3) is 0.333. The van der Waals surface area contributed by atoms with Gasteiger partial charge < -0.3 is 0 Å². The zero-order chi connectivity index (χ0) is 14.5. The lowest BCUT2D eigenvalue weighted by molar-refractivity contribution is -0.140. The molecule has 0 atom stereocenters. The standard InChI is InChI=1S/C12H8ClF4N3/c13-11-19-18-10(6-1-2-6)20(11)7-3-4-9(14)8(5-7)12(15,16)17/h3-6H,1-2H2. The molecule has 0 bridgehead atoms. The van der Waals surface area contributed by atoms with Crippen LogP contribution in [0, 0.1) is 5.82 Å². The molecule has 0 amide bonds. The highest BCUT2D eigenvalue weighted by Crippen LogP contribution is 2.41. The van der Waals surface area contributed by atoms with E-state index >= 15 is 0 Å². The molecule has 1 fully saturated rings. The minimum Gasteiger partial charge on any atom is -0.270 e. The monoisotopic (exact) mass is 305 g/mol. The van der Waals surface area contributed by atoms with Gasteiger partial charge in [0, 0.05) is 5.92 Å². The van der Waals surface area contributed by atoms with E-state index in [9.17, 15) is 17.6 Å². The van der Waals surface area contributed by atoms with E-state index in [1.54, 1.807) is 0 Å². The van der Waals surface area contributed by atoms with Gasteiger partial charge in [-0.1, -0.05) is 0 Å². The third-order valence-electron chi connectivity index (χ3n) is 3.10. The van der Waals surface area contributed by atoms with Crippen molar-refractivity contribution in [1.29, 1.82) is 0 Å². The summed E-state index contributed by atoms with van der Waals surface area (Å²) < 4.78 is 52.8. The van der Waals surface area contributed by atoms with Crippen LogP contribution in [0.5, 0.6) is 0 Å². The van der Waals surface area contributed by atoms with E-state index in [-0.39, 0.29) is 16.9 Å². The van der Waals surface area contributed by atoms with Gasteiger partial charge >= 0.3 is 6.18 Å². The van der Waals surface area contributed by atoms with Crippen LogP contribution in [0.1, 0.15) is 30.1 Å².